The summed E-state index contributed by atoms with van der Waals surface area (Å²) in [6.07, 6.45) is 13.7. The van der Waals surface area contributed by atoms with Crippen LogP contribution in [0.2, 0.25) is 0 Å². The Morgan fingerprint density at radius 3 is 2.24 bits per heavy atom. The first-order valence-electron chi connectivity index (χ1n) is 15.2. The predicted molar refractivity (Wildman–Crippen MR) is 154 cm³/mol. The number of amides is 1. The Labute approximate surface area is 245 Å². The number of hydrogen-bond acceptors (Lipinski definition) is 8. The molecule has 42 heavy (non-hydrogen) atoms. The third-order valence-electron chi connectivity index (χ3n) is 10.4. The number of nitrogens with zero attached hydrogens (tertiary/aromatic N) is 6. The van der Waals surface area contributed by atoms with Gasteiger partial charge in [0, 0.05) is 47.1 Å². The van der Waals surface area contributed by atoms with Crippen LogP contribution in [0.5, 0.6) is 6.01 Å². The summed E-state index contributed by atoms with van der Waals surface area (Å²) in [6.45, 7) is 9.28. The Hall–Kier alpha value is -3.43. The number of alkyl halides is 1. The van der Waals surface area contributed by atoms with E-state index in [2.05, 4.69) is 40.9 Å². The molecule has 9 nitrogen and oxygen atoms in total. The summed E-state index contributed by atoms with van der Waals surface area (Å²) < 4.78 is 25.8. The minimum atomic E-state index is -1.15. The summed E-state index contributed by atoms with van der Waals surface area (Å²) in [5, 5.41) is 4.31. The second kappa shape index (κ2) is 9.28. The molecule has 0 radical (unpaired) electrons. The third-order valence-corrected chi connectivity index (χ3v) is 10.4. The molecule has 0 aromatic carbocycles. The Morgan fingerprint density at radius 2 is 1.67 bits per heavy atom. The van der Waals surface area contributed by atoms with Gasteiger partial charge in [0.05, 0.1) is 23.9 Å². The normalized spacial score (nSPS) is 31.3. The van der Waals surface area contributed by atoms with Crippen LogP contribution in [0.15, 0.2) is 35.4 Å². The fourth-order valence-corrected chi connectivity index (χ4v) is 7.76. The zero-order chi connectivity index (χ0) is 29.4. The first kappa shape index (κ1) is 27.4. The molecule has 3 heterocycles. The van der Waals surface area contributed by atoms with E-state index in [0.717, 1.165) is 67.1 Å². The largest absolute Gasteiger partial charge is 0.464 e. The van der Waals surface area contributed by atoms with Gasteiger partial charge in [-0.1, -0.05) is 25.9 Å². The molecule has 0 atom stereocenters. The van der Waals surface area contributed by atoms with Crippen molar-refractivity contribution >= 4 is 11.6 Å². The second-order valence-electron chi connectivity index (χ2n) is 14.4. The van der Waals surface area contributed by atoms with Crippen molar-refractivity contribution in [3.63, 3.8) is 0 Å². The zero-order valence-electron chi connectivity index (χ0n) is 25.0. The molecule has 6 aliphatic carbocycles. The molecule has 9 rings (SSSR count). The maximum atomic E-state index is 14.6. The van der Waals surface area contributed by atoms with Crippen molar-refractivity contribution in [2.75, 3.05) is 18.1 Å². The van der Waals surface area contributed by atoms with Gasteiger partial charge in [0.25, 0.3) is 0 Å². The van der Waals surface area contributed by atoms with E-state index in [-0.39, 0.29) is 22.2 Å². The number of carbonyl (C=O) groups is 1. The minimum absolute atomic E-state index is 0.0144. The number of ether oxygens (including phenoxy) is 1. The van der Waals surface area contributed by atoms with Gasteiger partial charge in [0.15, 0.2) is 5.82 Å². The van der Waals surface area contributed by atoms with Gasteiger partial charge < -0.3 is 14.2 Å². The average molecular weight is 575 g/mol. The molecular formula is C32H39FN6O3. The Bertz CT molecular complexity index is 1470. The third kappa shape index (κ3) is 4.40. The maximum Gasteiger partial charge on any atom is 0.316 e. The molecular weight excluding hydrogens is 535 g/mol. The highest BCUT2D eigenvalue weighted by molar-refractivity contribution is 6.00. The van der Waals surface area contributed by atoms with Crippen molar-refractivity contribution in [1.29, 1.82) is 0 Å². The smallest absolute Gasteiger partial charge is 0.316 e. The molecule has 6 aliphatic rings. The van der Waals surface area contributed by atoms with Crippen LogP contribution in [-0.2, 0) is 15.6 Å². The molecule has 0 saturated heterocycles. The molecule has 6 fully saturated rings. The maximum absolute atomic E-state index is 14.6. The van der Waals surface area contributed by atoms with E-state index >= 15 is 0 Å². The number of rotatable bonds is 8. The van der Waals surface area contributed by atoms with E-state index in [1.165, 1.54) is 0 Å². The Kier molecular flexibility index (Phi) is 6.06. The molecule has 1 amide bonds. The molecule has 0 unspecified atom stereocenters. The number of anilines is 1. The van der Waals surface area contributed by atoms with E-state index in [1.54, 1.807) is 24.8 Å². The highest BCUT2D eigenvalue weighted by Crippen LogP contribution is 2.70. The van der Waals surface area contributed by atoms with Crippen LogP contribution in [-0.4, -0.2) is 49.8 Å². The Balaban J connectivity index is 1.15. The number of aromatic nitrogens is 5. The van der Waals surface area contributed by atoms with E-state index in [4.69, 9.17) is 14.2 Å². The summed E-state index contributed by atoms with van der Waals surface area (Å²) in [6, 6.07) is 2.31. The molecule has 0 N–H and O–H groups in total. The van der Waals surface area contributed by atoms with E-state index in [1.807, 2.05) is 17.9 Å². The molecule has 3 aromatic rings. The van der Waals surface area contributed by atoms with E-state index < -0.39 is 11.1 Å². The van der Waals surface area contributed by atoms with Crippen molar-refractivity contribution in [3.8, 4) is 17.1 Å². The summed E-state index contributed by atoms with van der Waals surface area (Å²) >= 11 is 0. The van der Waals surface area contributed by atoms with Gasteiger partial charge >= 0.3 is 6.01 Å². The number of hydrogen-bond donors (Lipinski definition) is 0. The van der Waals surface area contributed by atoms with Crippen LogP contribution >= 0.6 is 0 Å². The lowest BCUT2D eigenvalue weighted by molar-refractivity contribution is -0.211. The quantitative estimate of drug-likeness (QED) is 0.316. The first-order valence-corrected chi connectivity index (χ1v) is 15.2. The molecule has 222 valence electrons. The monoisotopic (exact) mass is 574 g/mol. The van der Waals surface area contributed by atoms with Gasteiger partial charge in [0.2, 0.25) is 11.8 Å². The topological polar surface area (TPSA) is 107 Å². The fraction of sp³-hybridized carbons (Fsp3) is 0.625. The summed E-state index contributed by atoms with van der Waals surface area (Å²) in [7, 11) is 0. The van der Waals surface area contributed by atoms with Crippen LogP contribution in [0.1, 0.15) is 97.2 Å². The van der Waals surface area contributed by atoms with Gasteiger partial charge in [-0.05, 0) is 76.2 Å². The lowest BCUT2D eigenvalue weighted by atomic mass is 9.41. The standard InChI is InChI=1S/C32H39FN6O3/c1-5-41-27-35-14-22(15-36-27)21-12-23(16-34-13-21)39(26(40)31-17-32(33,18-31)19-31)20-29-6-9-30(10-7-29,11-8-29)25-37-24(38-42-25)28(2,3)4/h12-16H,5-11,17-20H2,1-4H3. The van der Waals surface area contributed by atoms with Crippen LogP contribution in [0.4, 0.5) is 10.1 Å². The average Bonchev–Trinajstić information content (AvgIpc) is 3.48. The van der Waals surface area contributed by atoms with E-state index in [0.29, 0.717) is 38.4 Å². The van der Waals surface area contributed by atoms with E-state index in [9.17, 15) is 9.18 Å². The van der Waals surface area contributed by atoms with Gasteiger partial charge in [-0.2, -0.15) is 4.98 Å². The Morgan fingerprint density at radius 1 is 1.00 bits per heavy atom. The van der Waals surface area contributed by atoms with Gasteiger partial charge in [-0.15, -0.1) is 0 Å². The van der Waals surface area contributed by atoms with Crippen LogP contribution < -0.4 is 9.64 Å². The molecule has 0 aliphatic heterocycles. The van der Waals surface area contributed by atoms with Crippen molar-refractivity contribution in [3.05, 3.63) is 42.6 Å². The molecule has 10 heteroatoms. The fourth-order valence-electron chi connectivity index (χ4n) is 7.76. The minimum Gasteiger partial charge on any atom is -0.464 e. The lowest BCUT2D eigenvalue weighted by Gasteiger charge is -2.65. The molecule has 0 spiro atoms. The lowest BCUT2D eigenvalue weighted by Crippen LogP contribution is -2.71. The summed E-state index contributed by atoms with van der Waals surface area (Å²) in [5.74, 6) is 1.55. The summed E-state index contributed by atoms with van der Waals surface area (Å²) in [4.78, 5) is 34.1. The second-order valence-corrected chi connectivity index (χ2v) is 14.4. The number of pyridine rings is 1. The van der Waals surface area contributed by atoms with Crippen LogP contribution in [0.25, 0.3) is 11.1 Å². The highest BCUT2D eigenvalue weighted by Gasteiger charge is 2.73. The predicted octanol–water partition coefficient (Wildman–Crippen LogP) is 6.14. The van der Waals surface area contributed by atoms with Crippen molar-refractivity contribution in [1.82, 2.24) is 25.1 Å². The van der Waals surface area contributed by atoms with Crippen molar-refractivity contribution in [2.24, 2.45) is 10.8 Å². The first-order chi connectivity index (χ1) is 20.0. The number of halogens is 1. The van der Waals surface area contributed by atoms with Gasteiger partial charge in [-0.3, -0.25) is 9.78 Å². The van der Waals surface area contributed by atoms with Gasteiger partial charge in [-0.25, -0.2) is 14.4 Å². The van der Waals surface area contributed by atoms with Gasteiger partial charge in [0.1, 0.15) is 5.67 Å². The van der Waals surface area contributed by atoms with Crippen LogP contribution in [0, 0.1) is 10.8 Å². The number of fused-ring (bicyclic) bond motifs is 3. The molecule has 4 bridgehead atoms. The van der Waals surface area contributed by atoms with Crippen LogP contribution in [0.3, 0.4) is 0 Å². The zero-order valence-corrected chi connectivity index (χ0v) is 25.0. The SMILES string of the molecule is CCOc1ncc(-c2cncc(N(CC34CCC(c5nc(C(C)(C)C)no5)(CC3)CC4)C(=O)C34CC(F)(C3)C4)c2)cn1. The number of carbonyl (C=O) groups excluding carboxylic acids is 1. The highest BCUT2D eigenvalue weighted by atomic mass is 19.1. The molecule has 3 aromatic heterocycles. The molecule has 6 saturated carbocycles. The van der Waals surface area contributed by atoms with Crippen molar-refractivity contribution in [2.45, 2.75) is 102 Å². The van der Waals surface area contributed by atoms with Crippen molar-refractivity contribution < 1.29 is 18.4 Å². The summed E-state index contributed by atoms with van der Waals surface area (Å²) in [5.41, 5.74) is 0.368.